The molecule has 5 aromatic carbocycles. The summed E-state index contributed by atoms with van der Waals surface area (Å²) in [4.78, 5) is 10.1. The van der Waals surface area contributed by atoms with Gasteiger partial charge >= 0.3 is 0 Å². The second-order valence-electron chi connectivity index (χ2n) is 16.3. The Morgan fingerprint density at radius 1 is 0.607 bits per heavy atom. The second kappa shape index (κ2) is 21.1. The van der Waals surface area contributed by atoms with Crippen LogP contribution in [0.25, 0.3) is 0 Å². The summed E-state index contributed by atoms with van der Waals surface area (Å²) < 4.78 is 37.8. The van der Waals surface area contributed by atoms with Gasteiger partial charge in [-0.3, -0.25) is 0 Å². The number of allylic oxidation sites excluding steroid dienone is 1. The zero-order chi connectivity index (χ0) is 43.4. The van der Waals surface area contributed by atoms with Gasteiger partial charge in [0.2, 0.25) is 5.90 Å². The molecule has 0 spiro atoms. The number of hydrogen-bond acceptors (Lipinski definition) is 8. The van der Waals surface area contributed by atoms with Gasteiger partial charge in [-0.15, -0.1) is 0 Å². The van der Waals surface area contributed by atoms with Gasteiger partial charge in [-0.1, -0.05) is 115 Å². The van der Waals surface area contributed by atoms with Crippen LogP contribution in [0, 0.1) is 32.1 Å². The Balaban J connectivity index is 1.24. The van der Waals surface area contributed by atoms with Crippen LogP contribution in [-0.4, -0.2) is 59.6 Å². The first-order valence-corrected chi connectivity index (χ1v) is 21.3. The molecule has 0 saturated heterocycles. The van der Waals surface area contributed by atoms with Gasteiger partial charge in [-0.25, -0.2) is 9.98 Å². The van der Waals surface area contributed by atoms with Crippen LogP contribution in [-0.2, 0) is 14.2 Å². The number of para-hydroxylation sites is 2. The summed E-state index contributed by atoms with van der Waals surface area (Å²) in [6.07, 6.45) is 6.77. The average Bonchev–Trinajstić information content (AvgIpc) is 3.26. The van der Waals surface area contributed by atoms with Gasteiger partial charge in [0.15, 0.2) is 5.90 Å². The molecule has 0 heterocycles. The Labute approximate surface area is 363 Å². The lowest BCUT2D eigenvalue weighted by Gasteiger charge is -2.46. The van der Waals surface area contributed by atoms with Gasteiger partial charge in [0.25, 0.3) is 0 Å². The fourth-order valence-corrected chi connectivity index (χ4v) is 8.62. The summed E-state index contributed by atoms with van der Waals surface area (Å²) in [6.45, 7) is 11.9. The molecule has 5 aromatic rings. The maximum absolute atomic E-state index is 6.89. The second-order valence-corrected chi connectivity index (χ2v) is 16.3. The summed E-state index contributed by atoms with van der Waals surface area (Å²) in [5, 5.41) is 0. The summed E-state index contributed by atoms with van der Waals surface area (Å²) in [7, 11) is 6.81. The van der Waals surface area contributed by atoms with Gasteiger partial charge in [0.05, 0.1) is 64.4 Å². The van der Waals surface area contributed by atoms with E-state index in [0.717, 1.165) is 81.3 Å². The number of rotatable bonds is 17. The number of hydrogen-bond donors (Lipinski definition) is 0. The lowest BCUT2D eigenvalue weighted by atomic mass is 9.62. The monoisotopic (exact) mass is 822 g/mol. The van der Waals surface area contributed by atoms with Crippen LogP contribution in [0.4, 0.5) is 11.4 Å². The Morgan fingerprint density at radius 2 is 1.10 bits per heavy atom. The van der Waals surface area contributed by atoms with E-state index in [9.17, 15) is 0 Å². The predicted molar refractivity (Wildman–Crippen MR) is 248 cm³/mol. The lowest BCUT2D eigenvalue weighted by Crippen LogP contribution is -2.45. The molecule has 5 unspecified atom stereocenters. The Bertz CT molecular complexity index is 2290. The Morgan fingerprint density at radius 3 is 1.66 bits per heavy atom. The average molecular weight is 823 g/mol. The maximum Gasteiger partial charge on any atom is 0.200 e. The molecule has 5 atom stereocenters. The number of unbranched alkanes of at least 4 members (excludes halogenated alkanes) is 1. The highest BCUT2D eigenvalue weighted by atomic mass is 16.5. The Kier molecular flexibility index (Phi) is 15.5. The minimum absolute atomic E-state index is 0.207. The summed E-state index contributed by atoms with van der Waals surface area (Å²) >= 11 is 0. The molecule has 0 aromatic heterocycles. The van der Waals surface area contributed by atoms with Crippen LogP contribution in [0.5, 0.6) is 17.2 Å². The topological polar surface area (TPSA) is 80.1 Å². The normalized spacial score (nSPS) is 18.9. The molecule has 1 aliphatic carbocycles. The van der Waals surface area contributed by atoms with Crippen molar-refractivity contribution in [2.24, 2.45) is 21.3 Å². The molecule has 1 aliphatic rings. The first kappa shape index (κ1) is 44.7. The van der Waals surface area contributed by atoms with E-state index in [2.05, 4.69) is 89.2 Å². The third-order valence-corrected chi connectivity index (χ3v) is 11.6. The van der Waals surface area contributed by atoms with E-state index >= 15 is 0 Å². The van der Waals surface area contributed by atoms with Crippen LogP contribution >= 0.6 is 0 Å². The van der Waals surface area contributed by atoms with Gasteiger partial charge < -0.3 is 28.4 Å². The van der Waals surface area contributed by atoms with E-state index in [1.54, 1.807) is 28.4 Å². The van der Waals surface area contributed by atoms with E-state index in [-0.39, 0.29) is 17.9 Å². The fourth-order valence-electron chi connectivity index (χ4n) is 8.62. The van der Waals surface area contributed by atoms with E-state index in [1.165, 1.54) is 0 Å². The molecule has 0 fully saturated rings. The van der Waals surface area contributed by atoms with Crippen molar-refractivity contribution in [1.82, 2.24) is 0 Å². The lowest BCUT2D eigenvalue weighted by molar-refractivity contribution is -0.0265. The van der Waals surface area contributed by atoms with Crippen molar-refractivity contribution in [3.05, 3.63) is 161 Å². The minimum Gasteiger partial charge on any atom is -0.496 e. The molecule has 8 nitrogen and oxygen atoms in total. The highest BCUT2D eigenvalue weighted by Crippen LogP contribution is 2.51. The van der Waals surface area contributed by atoms with Crippen LogP contribution in [0.2, 0.25) is 0 Å². The van der Waals surface area contributed by atoms with E-state index in [0.29, 0.717) is 30.9 Å². The van der Waals surface area contributed by atoms with Crippen LogP contribution < -0.4 is 14.2 Å². The van der Waals surface area contributed by atoms with Crippen molar-refractivity contribution >= 4 is 23.2 Å². The zero-order valence-electron chi connectivity index (χ0n) is 37.3. The van der Waals surface area contributed by atoms with Gasteiger partial charge in [0, 0.05) is 28.7 Å². The number of ether oxygens (including phenoxy) is 6. The maximum atomic E-state index is 6.89. The molecular weight excluding hydrogens is 761 g/mol. The van der Waals surface area contributed by atoms with E-state index < -0.39 is 5.41 Å². The third-order valence-electron chi connectivity index (χ3n) is 11.6. The number of aryl methyl sites for hydroxylation is 3. The van der Waals surface area contributed by atoms with Crippen molar-refractivity contribution in [2.45, 2.75) is 71.8 Å². The van der Waals surface area contributed by atoms with Crippen LogP contribution in [0.3, 0.4) is 0 Å². The summed E-state index contributed by atoms with van der Waals surface area (Å²) in [5.41, 5.74) is 7.51. The van der Waals surface area contributed by atoms with Crippen molar-refractivity contribution < 1.29 is 28.4 Å². The van der Waals surface area contributed by atoms with E-state index in [4.69, 9.17) is 38.4 Å². The van der Waals surface area contributed by atoms with Crippen molar-refractivity contribution in [1.29, 1.82) is 0 Å². The molecule has 0 saturated carbocycles. The number of benzene rings is 5. The standard InChI is InChI=1S/C53H62N2O6/c1-36-22-26-45(56-6)42(32-36)49(51(58-8)54-40-18-12-10-13-19-40)43-33-37(2)24-28-47(43)60-30-16-17-31-61-48-29-25-39(4)35-53(48,5)50(44-34-38(3)23-27-46(44)57-7)52(59-9)55-41-20-14-11-15-21-41/h10-15,18-29,32-34,39,48-50H,16-17,30-31,35H2,1-9H3. The van der Waals surface area contributed by atoms with Crippen molar-refractivity contribution in [2.75, 3.05) is 41.7 Å². The molecule has 0 N–H and O–H groups in total. The smallest absolute Gasteiger partial charge is 0.200 e. The van der Waals surface area contributed by atoms with Gasteiger partial charge in [0.1, 0.15) is 17.2 Å². The van der Waals surface area contributed by atoms with Crippen molar-refractivity contribution in [3.63, 3.8) is 0 Å². The molecule has 61 heavy (non-hydrogen) atoms. The first-order valence-electron chi connectivity index (χ1n) is 21.3. The largest absolute Gasteiger partial charge is 0.496 e. The SMILES string of the molecule is COC(=Nc1ccccc1)C(c1cc(C)ccc1OC)c1cc(C)ccc1OCCCCOC1C=CC(C)CC1(C)C(C(=Nc1ccccc1)OC)c1cc(C)ccc1OC. The molecule has 0 bridgehead atoms. The molecule has 0 aliphatic heterocycles. The molecule has 0 amide bonds. The first-order chi connectivity index (χ1) is 29.6. The molecule has 8 heteroatoms. The quantitative estimate of drug-likeness (QED) is 0.0402. The zero-order valence-corrected chi connectivity index (χ0v) is 37.3. The summed E-state index contributed by atoms with van der Waals surface area (Å²) in [5.74, 6) is 3.18. The van der Waals surface area contributed by atoms with Crippen LogP contribution in [0.15, 0.2) is 137 Å². The molecule has 0 radical (unpaired) electrons. The van der Waals surface area contributed by atoms with Crippen molar-refractivity contribution in [3.8, 4) is 17.2 Å². The van der Waals surface area contributed by atoms with Gasteiger partial charge in [-0.2, -0.15) is 0 Å². The summed E-state index contributed by atoms with van der Waals surface area (Å²) in [6, 6.07) is 38.7. The Hall–Kier alpha value is -5.86. The third kappa shape index (κ3) is 10.9. The molecule has 320 valence electrons. The highest BCUT2D eigenvalue weighted by Gasteiger charge is 2.48. The number of nitrogens with zero attached hydrogens (tertiary/aromatic N) is 2. The minimum atomic E-state index is -0.418. The van der Waals surface area contributed by atoms with E-state index in [1.807, 2.05) is 72.8 Å². The number of methoxy groups -OCH3 is 4. The predicted octanol–water partition coefficient (Wildman–Crippen LogP) is 12.4. The van der Waals surface area contributed by atoms with Crippen LogP contribution in [0.1, 0.15) is 78.3 Å². The fraction of sp³-hybridized carbons (Fsp3) is 0.358. The highest BCUT2D eigenvalue weighted by molar-refractivity contribution is 5.91. The molecular formula is C53H62N2O6. The molecule has 6 rings (SSSR count). The number of aliphatic imine (C=N–C) groups is 2. The van der Waals surface area contributed by atoms with Gasteiger partial charge in [-0.05, 0) is 88.4 Å².